The fourth-order valence-electron chi connectivity index (χ4n) is 3.15. The summed E-state index contributed by atoms with van der Waals surface area (Å²) in [6.07, 6.45) is -0.213. The van der Waals surface area contributed by atoms with Gasteiger partial charge in [0.25, 0.3) is 5.91 Å². The number of nitrogens with zero attached hydrogens (tertiary/aromatic N) is 1. The van der Waals surface area contributed by atoms with E-state index in [1.165, 1.54) is 6.07 Å². The maximum absolute atomic E-state index is 13.7. The molecule has 1 aromatic heterocycles. The molecular formula is C22H18F5N3O4. The molecule has 0 aliphatic heterocycles. The first-order valence-corrected chi connectivity index (χ1v) is 9.81. The van der Waals surface area contributed by atoms with Crippen molar-refractivity contribution in [3.63, 3.8) is 0 Å². The van der Waals surface area contributed by atoms with Gasteiger partial charge in [0.2, 0.25) is 11.7 Å². The quantitative estimate of drug-likeness (QED) is 0.177. The van der Waals surface area contributed by atoms with Crippen molar-refractivity contribution in [2.45, 2.75) is 6.42 Å². The summed E-state index contributed by atoms with van der Waals surface area (Å²) in [6.45, 7) is -0.585. The van der Waals surface area contributed by atoms with Crippen molar-refractivity contribution in [3.8, 4) is 0 Å². The average Bonchev–Trinajstić information content (AvgIpc) is 2.78. The molecule has 2 aromatic carbocycles. The SMILES string of the molecule is CN(C)c1ccc2c(CC(=O)NCCNC(=O)c3c(F)c(F)c(F)c(F)c3F)cc(=O)oc2c1. The van der Waals surface area contributed by atoms with Gasteiger partial charge in [0, 0.05) is 50.4 Å². The molecule has 1 heterocycles. The van der Waals surface area contributed by atoms with E-state index < -0.39 is 52.1 Å². The van der Waals surface area contributed by atoms with E-state index in [0.717, 1.165) is 5.69 Å². The number of nitrogens with one attached hydrogen (secondary N) is 2. The summed E-state index contributed by atoms with van der Waals surface area (Å²) in [5, 5.41) is 4.93. The molecule has 12 heteroatoms. The van der Waals surface area contributed by atoms with Crippen LogP contribution in [0.25, 0.3) is 11.0 Å². The van der Waals surface area contributed by atoms with E-state index in [-0.39, 0.29) is 25.1 Å². The van der Waals surface area contributed by atoms with E-state index in [2.05, 4.69) is 5.32 Å². The maximum Gasteiger partial charge on any atom is 0.336 e. The Bertz CT molecular complexity index is 1310. The normalized spacial score (nSPS) is 10.9. The number of anilines is 1. The molecule has 2 N–H and O–H groups in total. The number of hydrogen-bond acceptors (Lipinski definition) is 5. The summed E-state index contributed by atoms with van der Waals surface area (Å²) >= 11 is 0. The minimum Gasteiger partial charge on any atom is -0.423 e. The fraction of sp³-hybridized carbons (Fsp3) is 0.227. The third-order valence-corrected chi connectivity index (χ3v) is 4.85. The van der Waals surface area contributed by atoms with Gasteiger partial charge in [0.1, 0.15) is 11.1 Å². The van der Waals surface area contributed by atoms with Gasteiger partial charge in [-0.25, -0.2) is 26.7 Å². The molecule has 0 saturated heterocycles. The Morgan fingerprint density at radius 3 is 2.09 bits per heavy atom. The predicted molar refractivity (Wildman–Crippen MR) is 112 cm³/mol. The molecule has 34 heavy (non-hydrogen) atoms. The molecule has 2 amide bonds. The molecule has 0 saturated carbocycles. The smallest absolute Gasteiger partial charge is 0.336 e. The molecule has 0 unspecified atom stereocenters. The maximum atomic E-state index is 13.7. The van der Waals surface area contributed by atoms with Gasteiger partial charge in [-0.1, -0.05) is 0 Å². The van der Waals surface area contributed by atoms with E-state index in [1.807, 2.05) is 5.32 Å². The van der Waals surface area contributed by atoms with Crippen LogP contribution < -0.4 is 21.2 Å². The first-order chi connectivity index (χ1) is 16.0. The van der Waals surface area contributed by atoms with Crippen LogP contribution in [0.3, 0.4) is 0 Å². The van der Waals surface area contributed by atoms with Crippen molar-refractivity contribution >= 4 is 28.5 Å². The molecule has 3 aromatic rings. The van der Waals surface area contributed by atoms with Gasteiger partial charge in [-0.15, -0.1) is 0 Å². The fourth-order valence-corrected chi connectivity index (χ4v) is 3.15. The van der Waals surface area contributed by atoms with Gasteiger partial charge in [-0.3, -0.25) is 9.59 Å². The lowest BCUT2D eigenvalue weighted by molar-refractivity contribution is -0.120. The van der Waals surface area contributed by atoms with Crippen molar-refractivity contribution in [3.05, 3.63) is 74.9 Å². The number of hydrogen-bond donors (Lipinski definition) is 2. The lowest BCUT2D eigenvalue weighted by Gasteiger charge is -2.13. The monoisotopic (exact) mass is 483 g/mol. The molecule has 0 bridgehead atoms. The van der Waals surface area contributed by atoms with Crippen molar-refractivity contribution < 1.29 is 36.0 Å². The van der Waals surface area contributed by atoms with Crippen LogP contribution in [0.1, 0.15) is 15.9 Å². The Labute approximate surface area is 189 Å². The molecule has 0 radical (unpaired) electrons. The van der Waals surface area contributed by atoms with Crippen LogP contribution >= 0.6 is 0 Å². The van der Waals surface area contributed by atoms with Crippen LogP contribution in [-0.4, -0.2) is 39.0 Å². The number of rotatable bonds is 7. The second-order valence-electron chi connectivity index (χ2n) is 7.39. The van der Waals surface area contributed by atoms with E-state index in [0.29, 0.717) is 10.9 Å². The summed E-state index contributed by atoms with van der Waals surface area (Å²) in [6, 6.07) is 6.29. The zero-order chi connectivity index (χ0) is 25.2. The van der Waals surface area contributed by atoms with Gasteiger partial charge in [0.15, 0.2) is 23.3 Å². The van der Waals surface area contributed by atoms with Crippen LogP contribution in [0, 0.1) is 29.1 Å². The topological polar surface area (TPSA) is 91.7 Å². The summed E-state index contributed by atoms with van der Waals surface area (Å²) in [5.74, 6) is -13.5. The number of halogens is 5. The van der Waals surface area contributed by atoms with Crippen LogP contribution in [-0.2, 0) is 11.2 Å². The Morgan fingerprint density at radius 1 is 0.882 bits per heavy atom. The summed E-state index contributed by atoms with van der Waals surface area (Å²) in [4.78, 5) is 37.8. The molecular weight excluding hydrogens is 465 g/mol. The van der Waals surface area contributed by atoms with Crippen molar-refractivity contribution in [2.24, 2.45) is 0 Å². The second kappa shape index (κ2) is 9.89. The molecule has 3 rings (SSSR count). The molecule has 0 fully saturated rings. The zero-order valence-electron chi connectivity index (χ0n) is 17.9. The minimum absolute atomic E-state index is 0.213. The predicted octanol–water partition coefficient (Wildman–Crippen LogP) is 2.64. The highest BCUT2D eigenvalue weighted by Gasteiger charge is 2.29. The Morgan fingerprint density at radius 2 is 1.47 bits per heavy atom. The molecule has 7 nitrogen and oxygen atoms in total. The van der Waals surface area contributed by atoms with E-state index in [1.54, 1.807) is 37.2 Å². The lowest BCUT2D eigenvalue weighted by Crippen LogP contribution is -2.36. The van der Waals surface area contributed by atoms with Crippen molar-refractivity contribution in [1.82, 2.24) is 10.6 Å². The van der Waals surface area contributed by atoms with E-state index in [4.69, 9.17) is 4.42 Å². The van der Waals surface area contributed by atoms with Crippen molar-refractivity contribution in [1.29, 1.82) is 0 Å². The number of fused-ring (bicyclic) bond motifs is 1. The number of benzene rings is 2. The van der Waals surface area contributed by atoms with Crippen molar-refractivity contribution in [2.75, 3.05) is 32.1 Å². The summed E-state index contributed by atoms with van der Waals surface area (Å²) in [7, 11) is 3.61. The molecule has 0 aliphatic carbocycles. The number of amides is 2. The third kappa shape index (κ3) is 5.00. The third-order valence-electron chi connectivity index (χ3n) is 4.85. The summed E-state index contributed by atoms with van der Waals surface area (Å²) in [5.41, 5.74) is -0.818. The molecule has 180 valence electrons. The summed E-state index contributed by atoms with van der Waals surface area (Å²) < 4.78 is 72.1. The highest BCUT2D eigenvalue weighted by Crippen LogP contribution is 2.24. The number of carbonyl (C=O) groups excluding carboxylic acids is 2. The molecule has 0 aliphatic rings. The van der Waals surface area contributed by atoms with Gasteiger partial charge < -0.3 is 20.0 Å². The average molecular weight is 483 g/mol. The van der Waals surface area contributed by atoms with Gasteiger partial charge in [0.05, 0.1) is 6.42 Å². The first-order valence-electron chi connectivity index (χ1n) is 9.81. The second-order valence-corrected chi connectivity index (χ2v) is 7.39. The van der Waals surface area contributed by atoms with Crippen LogP contribution in [0.2, 0.25) is 0 Å². The zero-order valence-corrected chi connectivity index (χ0v) is 17.9. The molecule has 0 spiro atoms. The van der Waals surface area contributed by atoms with E-state index >= 15 is 0 Å². The Kier molecular flexibility index (Phi) is 7.18. The minimum atomic E-state index is -2.38. The highest BCUT2D eigenvalue weighted by atomic mass is 19.2. The van der Waals surface area contributed by atoms with Gasteiger partial charge in [-0.05, 0) is 17.7 Å². The lowest BCUT2D eigenvalue weighted by atomic mass is 10.1. The number of carbonyl (C=O) groups is 2. The van der Waals surface area contributed by atoms with Crippen LogP contribution in [0.4, 0.5) is 27.6 Å². The van der Waals surface area contributed by atoms with Crippen LogP contribution in [0.15, 0.2) is 33.5 Å². The van der Waals surface area contributed by atoms with Gasteiger partial charge in [-0.2, -0.15) is 0 Å². The van der Waals surface area contributed by atoms with E-state index in [9.17, 15) is 36.3 Å². The highest BCUT2D eigenvalue weighted by molar-refractivity contribution is 5.95. The standard InChI is InChI=1S/C22H18F5N3O4/c1-30(2)11-3-4-12-10(8-15(32)34-13(12)9-11)7-14(31)28-5-6-29-22(33)16-17(23)19(25)21(27)20(26)18(16)24/h3-4,8-9H,5-7H2,1-2H3,(H,28,31)(H,29,33). The first kappa shape index (κ1) is 24.7. The Hall–Kier alpha value is -3.96. The molecule has 0 atom stereocenters. The Balaban J connectivity index is 1.62. The largest absolute Gasteiger partial charge is 0.423 e. The van der Waals surface area contributed by atoms with Gasteiger partial charge >= 0.3 is 5.63 Å². The van der Waals surface area contributed by atoms with Crippen LogP contribution in [0.5, 0.6) is 0 Å².